The van der Waals surface area contributed by atoms with Gasteiger partial charge >= 0.3 is 0 Å². The van der Waals surface area contributed by atoms with Gasteiger partial charge in [0.1, 0.15) is 0 Å². The molecule has 2 nitrogen and oxygen atoms in total. The Kier molecular flexibility index (Phi) is 5.09. The first kappa shape index (κ1) is 12.5. The van der Waals surface area contributed by atoms with Crippen LogP contribution in [0.15, 0.2) is 24.3 Å². The van der Waals surface area contributed by atoms with Crippen molar-refractivity contribution < 1.29 is 0 Å². The predicted octanol–water partition coefficient (Wildman–Crippen LogP) is 2.38. The lowest BCUT2D eigenvalue weighted by molar-refractivity contribution is 0.349. The quantitative estimate of drug-likeness (QED) is 0.830. The standard InChI is InChI=1S/C12H19ClN2/c1-10(9-15(2)3)14-8-11-6-4-5-7-12(11)13/h4-7,10,14H,8-9H2,1-3H3. The molecule has 1 aromatic carbocycles. The summed E-state index contributed by atoms with van der Waals surface area (Å²) in [6.07, 6.45) is 0. The fourth-order valence-corrected chi connectivity index (χ4v) is 1.74. The van der Waals surface area contributed by atoms with Crippen molar-refractivity contribution in [2.75, 3.05) is 20.6 Å². The van der Waals surface area contributed by atoms with Crippen molar-refractivity contribution in [1.29, 1.82) is 0 Å². The van der Waals surface area contributed by atoms with E-state index in [1.807, 2.05) is 18.2 Å². The Morgan fingerprint density at radius 2 is 2.00 bits per heavy atom. The van der Waals surface area contributed by atoms with E-state index in [1.54, 1.807) is 0 Å². The number of rotatable bonds is 5. The van der Waals surface area contributed by atoms with Crippen LogP contribution in [-0.4, -0.2) is 31.6 Å². The van der Waals surface area contributed by atoms with E-state index < -0.39 is 0 Å². The number of nitrogens with one attached hydrogen (secondary N) is 1. The van der Waals surface area contributed by atoms with Gasteiger partial charge in [0.2, 0.25) is 0 Å². The van der Waals surface area contributed by atoms with Crippen molar-refractivity contribution >= 4 is 11.6 Å². The van der Waals surface area contributed by atoms with Crippen molar-refractivity contribution in [2.45, 2.75) is 19.5 Å². The average molecular weight is 227 g/mol. The summed E-state index contributed by atoms with van der Waals surface area (Å²) in [5, 5.41) is 4.28. The lowest BCUT2D eigenvalue weighted by Gasteiger charge is -2.18. The van der Waals surface area contributed by atoms with Gasteiger partial charge in [0.15, 0.2) is 0 Å². The van der Waals surface area contributed by atoms with Gasteiger partial charge in [0, 0.05) is 24.2 Å². The summed E-state index contributed by atoms with van der Waals surface area (Å²) in [7, 11) is 4.15. The first-order valence-corrected chi connectivity index (χ1v) is 5.59. The van der Waals surface area contributed by atoms with Gasteiger partial charge in [0.05, 0.1) is 0 Å². The normalized spacial score (nSPS) is 13.1. The van der Waals surface area contributed by atoms with Gasteiger partial charge in [-0.05, 0) is 32.6 Å². The molecule has 0 fully saturated rings. The van der Waals surface area contributed by atoms with Gasteiger partial charge in [0.25, 0.3) is 0 Å². The Morgan fingerprint density at radius 1 is 1.33 bits per heavy atom. The fourth-order valence-electron chi connectivity index (χ4n) is 1.54. The van der Waals surface area contributed by atoms with Crippen molar-refractivity contribution in [1.82, 2.24) is 10.2 Å². The Morgan fingerprint density at radius 3 is 2.60 bits per heavy atom. The van der Waals surface area contributed by atoms with Gasteiger partial charge in [-0.1, -0.05) is 29.8 Å². The third-order valence-electron chi connectivity index (χ3n) is 2.24. The highest BCUT2D eigenvalue weighted by Gasteiger charge is 2.04. The van der Waals surface area contributed by atoms with Crippen molar-refractivity contribution in [3.63, 3.8) is 0 Å². The van der Waals surface area contributed by atoms with E-state index in [2.05, 4.69) is 37.3 Å². The third-order valence-corrected chi connectivity index (χ3v) is 2.61. The zero-order valence-corrected chi connectivity index (χ0v) is 10.4. The molecule has 3 heteroatoms. The summed E-state index contributed by atoms with van der Waals surface area (Å²) >= 11 is 6.06. The largest absolute Gasteiger partial charge is 0.309 e. The van der Waals surface area contributed by atoms with Crippen molar-refractivity contribution in [3.8, 4) is 0 Å². The molecule has 0 radical (unpaired) electrons. The summed E-state index contributed by atoms with van der Waals surface area (Å²) < 4.78 is 0. The SMILES string of the molecule is CC(CN(C)C)NCc1ccccc1Cl. The number of hydrogen-bond acceptors (Lipinski definition) is 2. The molecule has 0 aliphatic carbocycles. The van der Waals surface area contributed by atoms with Crippen molar-refractivity contribution in [3.05, 3.63) is 34.9 Å². The summed E-state index contributed by atoms with van der Waals surface area (Å²) in [4.78, 5) is 2.17. The van der Waals surface area contributed by atoms with Crippen LogP contribution >= 0.6 is 11.6 Å². The minimum absolute atomic E-state index is 0.469. The summed E-state index contributed by atoms with van der Waals surface area (Å²) in [6.45, 7) is 4.04. The zero-order valence-electron chi connectivity index (χ0n) is 9.63. The molecule has 0 saturated carbocycles. The number of benzene rings is 1. The van der Waals surface area contributed by atoms with E-state index in [4.69, 9.17) is 11.6 Å². The second-order valence-electron chi connectivity index (χ2n) is 4.14. The van der Waals surface area contributed by atoms with Crippen LogP contribution in [0.25, 0.3) is 0 Å². The van der Waals surface area contributed by atoms with Crippen LogP contribution in [0.3, 0.4) is 0 Å². The van der Waals surface area contributed by atoms with E-state index in [-0.39, 0.29) is 0 Å². The molecule has 0 bridgehead atoms. The van der Waals surface area contributed by atoms with Crippen molar-refractivity contribution in [2.24, 2.45) is 0 Å². The second kappa shape index (κ2) is 6.11. The van der Waals surface area contributed by atoms with Crippen LogP contribution in [0.2, 0.25) is 5.02 Å². The Bertz CT molecular complexity index is 299. The predicted molar refractivity (Wildman–Crippen MR) is 66.3 cm³/mol. The molecule has 0 heterocycles. The van der Waals surface area contributed by atoms with Crippen LogP contribution in [-0.2, 0) is 6.54 Å². The molecule has 1 atom stereocenters. The molecule has 84 valence electrons. The first-order valence-electron chi connectivity index (χ1n) is 5.21. The van der Waals surface area contributed by atoms with Gasteiger partial charge in [-0.2, -0.15) is 0 Å². The number of nitrogens with zero attached hydrogens (tertiary/aromatic N) is 1. The Hall–Kier alpha value is -0.570. The zero-order chi connectivity index (χ0) is 11.3. The average Bonchev–Trinajstić information content (AvgIpc) is 2.15. The molecule has 0 aromatic heterocycles. The summed E-state index contributed by atoms with van der Waals surface area (Å²) in [6, 6.07) is 8.41. The maximum atomic E-state index is 6.06. The molecule has 1 unspecified atom stereocenters. The van der Waals surface area contributed by atoms with E-state index in [9.17, 15) is 0 Å². The first-order chi connectivity index (χ1) is 7.09. The summed E-state index contributed by atoms with van der Waals surface area (Å²) in [5.41, 5.74) is 1.16. The molecule has 0 aliphatic rings. The second-order valence-corrected chi connectivity index (χ2v) is 4.54. The molecule has 15 heavy (non-hydrogen) atoms. The minimum Gasteiger partial charge on any atom is -0.309 e. The van der Waals surface area contributed by atoms with Gasteiger partial charge in [-0.25, -0.2) is 0 Å². The van der Waals surface area contributed by atoms with Gasteiger partial charge in [-0.15, -0.1) is 0 Å². The van der Waals surface area contributed by atoms with Gasteiger partial charge < -0.3 is 10.2 Å². The monoisotopic (exact) mass is 226 g/mol. The third kappa shape index (κ3) is 4.65. The minimum atomic E-state index is 0.469. The lowest BCUT2D eigenvalue weighted by atomic mass is 10.2. The Balaban J connectivity index is 2.40. The molecule has 0 saturated heterocycles. The Labute approximate surface area is 97.2 Å². The molecule has 1 rings (SSSR count). The number of likely N-dealkylation sites (N-methyl/N-ethyl adjacent to an activating group) is 1. The van der Waals surface area contributed by atoms with E-state index in [1.165, 1.54) is 0 Å². The van der Waals surface area contributed by atoms with Crippen LogP contribution in [0.1, 0.15) is 12.5 Å². The highest BCUT2D eigenvalue weighted by molar-refractivity contribution is 6.31. The lowest BCUT2D eigenvalue weighted by Crippen LogP contribution is -2.35. The van der Waals surface area contributed by atoms with Crippen LogP contribution < -0.4 is 5.32 Å². The van der Waals surface area contributed by atoms with Crippen LogP contribution in [0.5, 0.6) is 0 Å². The van der Waals surface area contributed by atoms with Crippen LogP contribution in [0.4, 0.5) is 0 Å². The molecule has 1 N–H and O–H groups in total. The highest BCUT2D eigenvalue weighted by Crippen LogP contribution is 2.14. The number of hydrogen-bond donors (Lipinski definition) is 1. The number of halogens is 1. The highest BCUT2D eigenvalue weighted by atomic mass is 35.5. The summed E-state index contributed by atoms with van der Waals surface area (Å²) in [5.74, 6) is 0. The fraction of sp³-hybridized carbons (Fsp3) is 0.500. The molecular weight excluding hydrogens is 208 g/mol. The molecule has 1 aromatic rings. The topological polar surface area (TPSA) is 15.3 Å². The van der Waals surface area contributed by atoms with Gasteiger partial charge in [-0.3, -0.25) is 0 Å². The van der Waals surface area contributed by atoms with Crippen LogP contribution in [0, 0.1) is 0 Å². The maximum Gasteiger partial charge on any atom is 0.0450 e. The molecular formula is C12H19ClN2. The van der Waals surface area contributed by atoms with E-state index in [0.29, 0.717) is 6.04 Å². The molecule has 0 aliphatic heterocycles. The maximum absolute atomic E-state index is 6.06. The smallest absolute Gasteiger partial charge is 0.0450 e. The molecule has 0 amide bonds. The molecule has 0 spiro atoms. The van der Waals surface area contributed by atoms with E-state index >= 15 is 0 Å². The van der Waals surface area contributed by atoms with E-state index in [0.717, 1.165) is 23.7 Å².